The average Bonchev–Trinajstić information content (AvgIpc) is 2.42. The molecule has 0 aliphatic rings. The molecule has 3 aromatic carbocycles. The zero-order valence-electron chi connectivity index (χ0n) is 10.1. The highest BCUT2D eigenvalue weighted by Crippen LogP contribution is 2.34. The smallest absolute Gasteiger partial charge is 0.0470 e. The number of fused-ring (bicyclic) bond motifs is 1. The van der Waals surface area contributed by atoms with Gasteiger partial charge in [0.05, 0.1) is 0 Å². The highest BCUT2D eigenvalue weighted by atomic mass is 35.5. The van der Waals surface area contributed by atoms with Crippen molar-refractivity contribution < 1.29 is 0 Å². The average molecular weight is 286 g/mol. The summed E-state index contributed by atoms with van der Waals surface area (Å²) in [6.07, 6.45) is 0. The Morgan fingerprint density at radius 2 is 1.63 bits per heavy atom. The molecule has 0 spiro atoms. The first-order valence-corrected chi connectivity index (χ1v) is 7.13. The van der Waals surface area contributed by atoms with E-state index in [9.17, 15) is 0 Å². The Hall–Kier alpha value is -1.64. The topological polar surface area (TPSA) is 26.0 Å². The molecule has 0 radical (unpaired) electrons. The molecule has 0 aliphatic carbocycles. The largest absolute Gasteiger partial charge is 0.398 e. The Morgan fingerprint density at radius 1 is 0.842 bits per heavy atom. The maximum absolute atomic E-state index is 5.98. The zero-order chi connectivity index (χ0) is 13.2. The van der Waals surface area contributed by atoms with Crippen LogP contribution < -0.4 is 5.73 Å². The van der Waals surface area contributed by atoms with Crippen LogP contribution >= 0.6 is 23.4 Å². The molecule has 1 nitrogen and oxygen atoms in total. The van der Waals surface area contributed by atoms with Gasteiger partial charge >= 0.3 is 0 Å². The van der Waals surface area contributed by atoms with Crippen molar-refractivity contribution in [2.24, 2.45) is 0 Å². The third-order valence-corrected chi connectivity index (χ3v) is 4.24. The Labute approximate surface area is 121 Å². The Kier molecular flexibility index (Phi) is 3.36. The van der Waals surface area contributed by atoms with E-state index in [1.54, 1.807) is 17.8 Å². The first-order chi connectivity index (χ1) is 9.22. The fourth-order valence-electron chi connectivity index (χ4n) is 1.97. The molecular formula is C16H12ClNS. The summed E-state index contributed by atoms with van der Waals surface area (Å²) in [7, 11) is 0. The first kappa shape index (κ1) is 12.4. The van der Waals surface area contributed by atoms with Crippen LogP contribution in [0.4, 0.5) is 5.69 Å². The second-order valence-corrected chi connectivity index (χ2v) is 5.84. The van der Waals surface area contributed by atoms with Gasteiger partial charge in [-0.1, -0.05) is 53.7 Å². The van der Waals surface area contributed by atoms with Crippen LogP contribution in [0, 0.1) is 0 Å². The van der Waals surface area contributed by atoms with Crippen LogP contribution in [-0.2, 0) is 0 Å². The lowest BCUT2D eigenvalue weighted by Gasteiger charge is -2.07. The van der Waals surface area contributed by atoms with E-state index in [0.717, 1.165) is 4.90 Å². The molecule has 0 atom stereocenters. The number of halogens is 1. The van der Waals surface area contributed by atoms with Gasteiger partial charge in [0.2, 0.25) is 0 Å². The van der Waals surface area contributed by atoms with Crippen molar-refractivity contribution in [1.82, 2.24) is 0 Å². The number of rotatable bonds is 2. The van der Waals surface area contributed by atoms with Gasteiger partial charge in [0.1, 0.15) is 0 Å². The van der Waals surface area contributed by atoms with E-state index in [-0.39, 0.29) is 0 Å². The Balaban J connectivity index is 1.96. The quantitative estimate of drug-likeness (QED) is 0.653. The normalized spacial score (nSPS) is 10.8. The van der Waals surface area contributed by atoms with Gasteiger partial charge in [-0.2, -0.15) is 0 Å². The van der Waals surface area contributed by atoms with Gasteiger partial charge in [0, 0.05) is 20.5 Å². The van der Waals surface area contributed by atoms with Crippen molar-refractivity contribution in [3.8, 4) is 0 Å². The van der Waals surface area contributed by atoms with Crippen LogP contribution in [-0.4, -0.2) is 0 Å². The summed E-state index contributed by atoms with van der Waals surface area (Å²) < 4.78 is 0. The third-order valence-electron chi connectivity index (χ3n) is 2.92. The molecule has 0 saturated heterocycles. The van der Waals surface area contributed by atoms with E-state index < -0.39 is 0 Å². The van der Waals surface area contributed by atoms with Gasteiger partial charge in [-0.25, -0.2) is 0 Å². The summed E-state index contributed by atoms with van der Waals surface area (Å²) in [5.41, 5.74) is 6.69. The van der Waals surface area contributed by atoms with E-state index in [1.165, 1.54) is 15.7 Å². The molecule has 0 unspecified atom stereocenters. The van der Waals surface area contributed by atoms with Crippen molar-refractivity contribution in [3.63, 3.8) is 0 Å². The molecule has 0 aliphatic heterocycles. The molecule has 0 amide bonds. The molecule has 3 heteroatoms. The summed E-state index contributed by atoms with van der Waals surface area (Å²) >= 11 is 7.56. The standard InChI is InChI=1S/C16H12ClNS/c17-13-6-8-16(15(18)10-13)19-14-7-5-11-3-1-2-4-12(11)9-14/h1-10H,18H2. The second kappa shape index (κ2) is 5.16. The minimum absolute atomic E-state index is 0.667. The van der Waals surface area contributed by atoms with Gasteiger partial charge in [-0.05, 0) is 41.1 Å². The maximum atomic E-state index is 5.98. The van der Waals surface area contributed by atoms with Crippen molar-refractivity contribution in [3.05, 3.63) is 65.7 Å². The van der Waals surface area contributed by atoms with Crippen molar-refractivity contribution in [2.75, 3.05) is 5.73 Å². The summed E-state index contributed by atoms with van der Waals surface area (Å²) in [6, 6.07) is 20.3. The Bertz CT molecular complexity index is 740. The SMILES string of the molecule is Nc1cc(Cl)ccc1Sc1ccc2ccccc2c1. The molecule has 3 aromatic rings. The number of nitrogen functional groups attached to an aromatic ring is 1. The van der Waals surface area contributed by atoms with Crippen LogP contribution in [0.2, 0.25) is 5.02 Å². The molecule has 2 N–H and O–H groups in total. The fraction of sp³-hybridized carbons (Fsp3) is 0. The molecule has 19 heavy (non-hydrogen) atoms. The summed E-state index contributed by atoms with van der Waals surface area (Å²) in [5, 5.41) is 3.15. The lowest BCUT2D eigenvalue weighted by Crippen LogP contribution is -1.87. The number of hydrogen-bond acceptors (Lipinski definition) is 2. The van der Waals surface area contributed by atoms with Gasteiger partial charge in [0.25, 0.3) is 0 Å². The number of benzene rings is 3. The summed E-state index contributed by atoms with van der Waals surface area (Å²) in [4.78, 5) is 2.20. The molecule has 0 fully saturated rings. The lowest BCUT2D eigenvalue weighted by molar-refractivity contribution is 1.42. The Morgan fingerprint density at radius 3 is 2.42 bits per heavy atom. The highest BCUT2D eigenvalue weighted by molar-refractivity contribution is 7.99. The molecule has 0 bridgehead atoms. The van der Waals surface area contributed by atoms with Crippen LogP contribution in [0.5, 0.6) is 0 Å². The van der Waals surface area contributed by atoms with E-state index in [0.29, 0.717) is 10.7 Å². The van der Waals surface area contributed by atoms with Crippen molar-refractivity contribution >= 4 is 39.8 Å². The molecular weight excluding hydrogens is 274 g/mol. The van der Waals surface area contributed by atoms with E-state index in [2.05, 4.69) is 30.3 Å². The summed E-state index contributed by atoms with van der Waals surface area (Å²) in [5.74, 6) is 0. The van der Waals surface area contributed by atoms with Gasteiger partial charge in [0.15, 0.2) is 0 Å². The van der Waals surface area contributed by atoms with Gasteiger partial charge < -0.3 is 5.73 Å². The maximum Gasteiger partial charge on any atom is 0.0470 e. The second-order valence-electron chi connectivity index (χ2n) is 4.29. The molecule has 0 saturated carbocycles. The van der Waals surface area contributed by atoms with Crippen LogP contribution in [0.3, 0.4) is 0 Å². The number of hydrogen-bond donors (Lipinski definition) is 1. The lowest BCUT2D eigenvalue weighted by atomic mass is 10.1. The van der Waals surface area contributed by atoms with E-state index >= 15 is 0 Å². The minimum atomic E-state index is 0.667. The number of nitrogens with two attached hydrogens (primary N) is 1. The van der Waals surface area contributed by atoms with Crippen LogP contribution in [0.1, 0.15) is 0 Å². The van der Waals surface area contributed by atoms with Gasteiger partial charge in [-0.3, -0.25) is 0 Å². The molecule has 3 rings (SSSR count). The summed E-state index contributed by atoms with van der Waals surface area (Å²) in [6.45, 7) is 0. The zero-order valence-corrected chi connectivity index (χ0v) is 11.7. The van der Waals surface area contributed by atoms with E-state index in [4.69, 9.17) is 17.3 Å². The highest BCUT2D eigenvalue weighted by Gasteiger charge is 2.03. The van der Waals surface area contributed by atoms with Gasteiger partial charge in [-0.15, -0.1) is 0 Å². The van der Waals surface area contributed by atoms with Crippen LogP contribution in [0.15, 0.2) is 70.5 Å². The van der Waals surface area contributed by atoms with Crippen molar-refractivity contribution in [2.45, 2.75) is 9.79 Å². The van der Waals surface area contributed by atoms with E-state index in [1.807, 2.05) is 24.3 Å². The first-order valence-electron chi connectivity index (χ1n) is 5.94. The molecule has 94 valence electrons. The fourth-order valence-corrected chi connectivity index (χ4v) is 3.04. The molecule has 0 aromatic heterocycles. The number of anilines is 1. The van der Waals surface area contributed by atoms with Crippen LogP contribution in [0.25, 0.3) is 10.8 Å². The van der Waals surface area contributed by atoms with Crippen molar-refractivity contribution in [1.29, 1.82) is 0 Å². The minimum Gasteiger partial charge on any atom is -0.398 e. The predicted octanol–water partition coefficient (Wildman–Crippen LogP) is 5.23. The molecule has 0 heterocycles. The predicted molar refractivity (Wildman–Crippen MR) is 83.9 cm³/mol. The monoisotopic (exact) mass is 285 g/mol. The third kappa shape index (κ3) is 2.70.